The van der Waals surface area contributed by atoms with Crippen molar-refractivity contribution in [1.29, 1.82) is 0 Å². The van der Waals surface area contributed by atoms with Gasteiger partial charge in [-0.25, -0.2) is 4.52 Å². The van der Waals surface area contributed by atoms with Gasteiger partial charge in [-0.1, -0.05) is 48.0 Å². The summed E-state index contributed by atoms with van der Waals surface area (Å²) in [5.74, 6) is -0.383. The van der Waals surface area contributed by atoms with E-state index in [1.54, 1.807) is 30.7 Å². The highest BCUT2D eigenvalue weighted by molar-refractivity contribution is 6.31. The molecular formula is C22H20ClN5O2. The molecule has 1 amide bonds. The highest BCUT2D eigenvalue weighted by atomic mass is 35.5. The van der Waals surface area contributed by atoms with Gasteiger partial charge in [-0.15, -0.1) is 10.2 Å². The molecule has 4 aromatic rings. The molecule has 7 nitrogen and oxygen atoms in total. The Hall–Kier alpha value is -3.29. The zero-order valence-corrected chi connectivity index (χ0v) is 17.6. The number of hydrogen-bond acceptors (Lipinski definition) is 5. The number of benzene rings is 2. The quantitative estimate of drug-likeness (QED) is 0.514. The lowest BCUT2D eigenvalue weighted by Crippen LogP contribution is -2.18. The van der Waals surface area contributed by atoms with E-state index in [2.05, 4.69) is 20.6 Å². The number of hydrogen-bond donors (Lipinski definition) is 1. The van der Waals surface area contributed by atoms with E-state index in [1.807, 2.05) is 43.3 Å². The predicted octanol–water partition coefficient (Wildman–Crippen LogP) is 4.46. The molecule has 2 aromatic carbocycles. The molecule has 2 heterocycles. The van der Waals surface area contributed by atoms with E-state index >= 15 is 0 Å². The number of amides is 1. The van der Waals surface area contributed by atoms with Crippen LogP contribution >= 0.6 is 11.6 Å². The van der Waals surface area contributed by atoms with Crippen LogP contribution in [0.15, 0.2) is 48.5 Å². The Kier molecular flexibility index (Phi) is 5.48. The molecular weight excluding hydrogens is 402 g/mol. The van der Waals surface area contributed by atoms with Crippen molar-refractivity contribution in [1.82, 2.24) is 19.8 Å². The number of aryl methyl sites for hydroxylation is 2. The Morgan fingerprint density at radius 1 is 1.13 bits per heavy atom. The summed E-state index contributed by atoms with van der Waals surface area (Å²) >= 11 is 6.16. The number of carbonyl (C=O) groups is 1. The number of nitrogens with zero attached hydrogens (tertiary/aromatic N) is 4. The maximum atomic E-state index is 12.8. The second-order valence-corrected chi connectivity index (χ2v) is 7.32. The van der Waals surface area contributed by atoms with Crippen LogP contribution in [0.25, 0.3) is 16.8 Å². The largest absolute Gasteiger partial charge is 0.378 e. The summed E-state index contributed by atoms with van der Waals surface area (Å²) in [6, 6.07) is 15.1. The highest BCUT2D eigenvalue weighted by Crippen LogP contribution is 2.28. The third-order valence-electron chi connectivity index (χ3n) is 4.83. The molecule has 0 saturated heterocycles. The van der Waals surface area contributed by atoms with Crippen molar-refractivity contribution in [3.8, 4) is 11.1 Å². The first kappa shape index (κ1) is 20.0. The molecule has 0 aliphatic rings. The van der Waals surface area contributed by atoms with Crippen LogP contribution in [0.1, 0.15) is 27.4 Å². The average Bonchev–Trinajstić information content (AvgIpc) is 3.11. The van der Waals surface area contributed by atoms with Gasteiger partial charge in [0.1, 0.15) is 0 Å². The van der Waals surface area contributed by atoms with Gasteiger partial charge < -0.3 is 10.1 Å². The van der Waals surface area contributed by atoms with Gasteiger partial charge in [-0.2, -0.15) is 5.10 Å². The van der Waals surface area contributed by atoms with Crippen LogP contribution in [0.5, 0.6) is 0 Å². The molecule has 0 radical (unpaired) electrons. The minimum Gasteiger partial charge on any atom is -0.378 e. The van der Waals surface area contributed by atoms with Crippen LogP contribution in [-0.2, 0) is 11.3 Å². The summed E-state index contributed by atoms with van der Waals surface area (Å²) in [5.41, 5.74) is 5.38. The van der Waals surface area contributed by atoms with Crippen LogP contribution in [0.3, 0.4) is 0 Å². The zero-order valence-electron chi connectivity index (χ0n) is 16.8. The molecule has 2 aromatic heterocycles. The topological polar surface area (TPSA) is 81.4 Å². The zero-order chi connectivity index (χ0) is 21.3. The number of halogens is 1. The Bertz CT molecular complexity index is 1240. The Morgan fingerprint density at radius 2 is 1.90 bits per heavy atom. The molecule has 1 N–H and O–H groups in total. The van der Waals surface area contributed by atoms with Crippen LogP contribution in [0, 0.1) is 13.8 Å². The van der Waals surface area contributed by atoms with E-state index in [-0.39, 0.29) is 11.6 Å². The fourth-order valence-electron chi connectivity index (χ4n) is 3.26. The van der Waals surface area contributed by atoms with Crippen molar-refractivity contribution >= 4 is 28.8 Å². The normalized spacial score (nSPS) is 11.1. The van der Waals surface area contributed by atoms with Crippen molar-refractivity contribution in [2.24, 2.45) is 0 Å². The Morgan fingerprint density at radius 3 is 2.60 bits per heavy atom. The molecule has 0 aliphatic heterocycles. The summed E-state index contributed by atoms with van der Waals surface area (Å²) in [5, 5.41) is 16.6. The van der Waals surface area contributed by atoms with Crippen LogP contribution < -0.4 is 5.32 Å². The maximum Gasteiger partial charge on any atom is 0.278 e. The van der Waals surface area contributed by atoms with E-state index in [1.165, 1.54) is 0 Å². The average molecular weight is 422 g/mol. The number of rotatable bonds is 5. The lowest BCUT2D eigenvalue weighted by molar-refractivity contribution is 0.102. The Balaban J connectivity index is 1.77. The van der Waals surface area contributed by atoms with Gasteiger partial charge in [0, 0.05) is 17.8 Å². The molecule has 30 heavy (non-hydrogen) atoms. The lowest BCUT2D eigenvalue weighted by atomic mass is 10.1. The first-order valence-electron chi connectivity index (χ1n) is 9.36. The SMILES string of the molecule is COCc1nn2c(C)c(C(=O)Nc3ccc(C)c(Cl)c3)nnc2c1-c1ccccc1. The van der Waals surface area contributed by atoms with Gasteiger partial charge in [0.05, 0.1) is 23.6 Å². The molecule has 8 heteroatoms. The minimum absolute atomic E-state index is 0.185. The number of anilines is 1. The fourth-order valence-corrected chi connectivity index (χ4v) is 3.44. The fraction of sp³-hybridized carbons (Fsp3) is 0.182. The van der Waals surface area contributed by atoms with Crippen molar-refractivity contribution in [2.45, 2.75) is 20.5 Å². The van der Waals surface area contributed by atoms with Gasteiger partial charge in [0.25, 0.3) is 5.91 Å². The third-order valence-corrected chi connectivity index (χ3v) is 5.23. The molecule has 0 fully saturated rings. The summed E-state index contributed by atoms with van der Waals surface area (Å²) in [4.78, 5) is 12.8. The van der Waals surface area contributed by atoms with Gasteiger partial charge >= 0.3 is 0 Å². The molecule has 0 unspecified atom stereocenters. The second kappa shape index (κ2) is 8.22. The highest BCUT2D eigenvalue weighted by Gasteiger charge is 2.22. The maximum absolute atomic E-state index is 12.8. The number of aromatic nitrogens is 4. The molecule has 0 bridgehead atoms. The van der Waals surface area contributed by atoms with Crippen molar-refractivity contribution in [3.63, 3.8) is 0 Å². The van der Waals surface area contributed by atoms with Crippen LogP contribution in [0.2, 0.25) is 5.02 Å². The summed E-state index contributed by atoms with van der Waals surface area (Å²) in [6.07, 6.45) is 0. The standard InChI is InChI=1S/C22H20ClN5O2/c1-13-9-10-16(11-17(13)23)24-22(29)20-14(2)28-21(26-25-20)19(18(27-28)12-30-3)15-7-5-4-6-8-15/h4-11H,12H2,1-3H3,(H,24,29). The van der Waals surface area contributed by atoms with Crippen molar-refractivity contribution < 1.29 is 9.53 Å². The van der Waals surface area contributed by atoms with Crippen molar-refractivity contribution in [3.05, 3.63) is 76.2 Å². The van der Waals surface area contributed by atoms with Gasteiger partial charge in [-0.3, -0.25) is 4.79 Å². The second-order valence-electron chi connectivity index (χ2n) is 6.91. The van der Waals surface area contributed by atoms with Crippen molar-refractivity contribution in [2.75, 3.05) is 12.4 Å². The van der Waals surface area contributed by atoms with Crippen LogP contribution in [-0.4, -0.2) is 32.8 Å². The molecule has 4 rings (SSSR count). The number of methoxy groups -OCH3 is 1. The first-order valence-corrected chi connectivity index (χ1v) is 9.74. The number of fused-ring (bicyclic) bond motifs is 1. The summed E-state index contributed by atoms with van der Waals surface area (Å²) in [6.45, 7) is 4.00. The summed E-state index contributed by atoms with van der Waals surface area (Å²) in [7, 11) is 1.61. The third kappa shape index (κ3) is 3.65. The van der Waals surface area contributed by atoms with E-state index < -0.39 is 0 Å². The Labute approximate surface area is 178 Å². The van der Waals surface area contributed by atoms with Gasteiger partial charge in [0.2, 0.25) is 0 Å². The number of carbonyl (C=O) groups excluding carboxylic acids is 1. The minimum atomic E-state index is -0.383. The molecule has 0 saturated carbocycles. The van der Waals surface area contributed by atoms with Gasteiger partial charge in [0.15, 0.2) is 11.3 Å². The van der Waals surface area contributed by atoms with E-state index in [0.717, 1.165) is 22.4 Å². The molecule has 0 aliphatic carbocycles. The number of ether oxygens (including phenoxy) is 1. The van der Waals surface area contributed by atoms with E-state index in [9.17, 15) is 4.79 Å². The monoisotopic (exact) mass is 421 g/mol. The molecule has 0 atom stereocenters. The predicted molar refractivity (Wildman–Crippen MR) is 116 cm³/mol. The van der Waals surface area contributed by atoms with E-state index in [0.29, 0.717) is 28.7 Å². The first-order chi connectivity index (χ1) is 14.5. The summed E-state index contributed by atoms with van der Waals surface area (Å²) < 4.78 is 6.96. The van der Waals surface area contributed by atoms with Crippen LogP contribution in [0.4, 0.5) is 5.69 Å². The molecule has 0 spiro atoms. The number of nitrogens with one attached hydrogen (secondary N) is 1. The lowest BCUT2D eigenvalue weighted by Gasteiger charge is -2.09. The van der Waals surface area contributed by atoms with E-state index in [4.69, 9.17) is 16.3 Å². The molecule has 152 valence electrons. The van der Waals surface area contributed by atoms with Gasteiger partial charge in [-0.05, 0) is 37.1 Å². The smallest absolute Gasteiger partial charge is 0.278 e.